The predicted octanol–water partition coefficient (Wildman–Crippen LogP) is 2.16. The molecule has 0 aliphatic carbocycles. The summed E-state index contributed by atoms with van der Waals surface area (Å²) in [5.41, 5.74) is 8.72. The van der Waals surface area contributed by atoms with E-state index < -0.39 is 0 Å². The van der Waals surface area contributed by atoms with Crippen LogP contribution in [0.5, 0.6) is 0 Å². The Kier molecular flexibility index (Phi) is 3.19. The van der Waals surface area contributed by atoms with Gasteiger partial charge in [-0.3, -0.25) is 4.98 Å². The lowest BCUT2D eigenvalue weighted by molar-refractivity contribution is 0.352. The van der Waals surface area contributed by atoms with E-state index in [0.717, 1.165) is 23.2 Å². The van der Waals surface area contributed by atoms with Crippen molar-refractivity contribution in [1.82, 2.24) is 15.1 Å². The number of aryl methyl sites for hydroxylation is 2. The average molecular weight is 232 g/mol. The maximum Gasteiger partial charge on any atom is 0.243 e. The van der Waals surface area contributed by atoms with E-state index in [1.807, 2.05) is 26.8 Å². The van der Waals surface area contributed by atoms with E-state index >= 15 is 0 Å². The van der Waals surface area contributed by atoms with Gasteiger partial charge in [0.2, 0.25) is 11.7 Å². The Hall–Kier alpha value is -1.75. The van der Waals surface area contributed by atoms with Crippen molar-refractivity contribution in [3.05, 3.63) is 29.3 Å². The van der Waals surface area contributed by atoms with Crippen LogP contribution in [0.1, 0.15) is 36.4 Å². The summed E-state index contributed by atoms with van der Waals surface area (Å²) in [6.45, 7) is 5.95. The molecule has 2 aromatic rings. The standard InChI is InChI=1S/C12H16N4O/c1-4-9(13)12-15-11(16-17-12)10-8(3)5-7(2)6-14-10/h5-6,9H,4,13H2,1-3H3/t9-/m1/s1. The second-order valence-electron chi connectivity index (χ2n) is 4.15. The van der Waals surface area contributed by atoms with Crippen molar-refractivity contribution in [1.29, 1.82) is 0 Å². The molecule has 0 unspecified atom stereocenters. The SMILES string of the molecule is CC[C@@H](N)c1nc(-c2ncc(C)cc2C)no1. The minimum Gasteiger partial charge on any atom is -0.337 e. The molecule has 0 aliphatic heterocycles. The fourth-order valence-electron chi connectivity index (χ4n) is 1.61. The smallest absolute Gasteiger partial charge is 0.243 e. The summed E-state index contributed by atoms with van der Waals surface area (Å²) in [7, 11) is 0. The highest BCUT2D eigenvalue weighted by molar-refractivity contribution is 5.54. The highest BCUT2D eigenvalue weighted by Gasteiger charge is 2.15. The minimum atomic E-state index is -0.206. The molecule has 0 radical (unpaired) electrons. The average Bonchev–Trinajstić information content (AvgIpc) is 2.77. The molecule has 0 bridgehead atoms. The molecule has 0 amide bonds. The van der Waals surface area contributed by atoms with E-state index in [2.05, 4.69) is 15.1 Å². The van der Waals surface area contributed by atoms with Crippen LogP contribution in [0.25, 0.3) is 11.5 Å². The van der Waals surface area contributed by atoms with Crippen molar-refractivity contribution in [2.24, 2.45) is 5.73 Å². The van der Waals surface area contributed by atoms with E-state index in [1.54, 1.807) is 6.20 Å². The summed E-state index contributed by atoms with van der Waals surface area (Å²) in [5.74, 6) is 0.964. The zero-order valence-electron chi connectivity index (χ0n) is 10.3. The molecule has 0 saturated heterocycles. The molecular formula is C12H16N4O. The van der Waals surface area contributed by atoms with Crippen LogP contribution in [0.4, 0.5) is 0 Å². The van der Waals surface area contributed by atoms with Gasteiger partial charge in [-0.05, 0) is 31.4 Å². The predicted molar refractivity (Wildman–Crippen MR) is 64.2 cm³/mol. The Bertz CT molecular complexity index is 521. The molecule has 2 aromatic heterocycles. The fourth-order valence-corrected chi connectivity index (χ4v) is 1.61. The summed E-state index contributed by atoms with van der Waals surface area (Å²) < 4.78 is 5.13. The summed E-state index contributed by atoms with van der Waals surface area (Å²) in [6.07, 6.45) is 2.56. The zero-order chi connectivity index (χ0) is 12.4. The lowest BCUT2D eigenvalue weighted by Gasteiger charge is -2.01. The molecule has 0 aliphatic rings. The van der Waals surface area contributed by atoms with Gasteiger partial charge in [0.1, 0.15) is 5.69 Å². The lowest BCUT2D eigenvalue weighted by Crippen LogP contribution is -2.08. The van der Waals surface area contributed by atoms with Gasteiger partial charge in [-0.2, -0.15) is 4.98 Å². The van der Waals surface area contributed by atoms with Gasteiger partial charge in [0.25, 0.3) is 0 Å². The van der Waals surface area contributed by atoms with Crippen molar-refractivity contribution in [2.45, 2.75) is 33.2 Å². The highest BCUT2D eigenvalue weighted by atomic mass is 16.5. The van der Waals surface area contributed by atoms with Gasteiger partial charge in [-0.15, -0.1) is 0 Å². The van der Waals surface area contributed by atoms with Gasteiger partial charge >= 0.3 is 0 Å². The quantitative estimate of drug-likeness (QED) is 0.877. The summed E-state index contributed by atoms with van der Waals surface area (Å²) in [4.78, 5) is 8.60. The highest BCUT2D eigenvalue weighted by Crippen LogP contribution is 2.20. The number of rotatable bonds is 3. The van der Waals surface area contributed by atoms with Gasteiger partial charge in [-0.25, -0.2) is 0 Å². The first-order valence-electron chi connectivity index (χ1n) is 5.64. The van der Waals surface area contributed by atoms with Crippen molar-refractivity contribution >= 4 is 0 Å². The number of hydrogen-bond donors (Lipinski definition) is 1. The number of nitrogens with two attached hydrogens (primary N) is 1. The Morgan fingerprint density at radius 3 is 2.82 bits per heavy atom. The third kappa shape index (κ3) is 2.34. The fraction of sp³-hybridized carbons (Fsp3) is 0.417. The van der Waals surface area contributed by atoms with Crippen molar-refractivity contribution in [2.75, 3.05) is 0 Å². The number of nitrogens with zero attached hydrogens (tertiary/aromatic N) is 3. The number of aromatic nitrogens is 3. The van der Waals surface area contributed by atoms with E-state index in [4.69, 9.17) is 10.3 Å². The minimum absolute atomic E-state index is 0.206. The number of hydrogen-bond acceptors (Lipinski definition) is 5. The second kappa shape index (κ2) is 4.63. The Balaban J connectivity index is 2.37. The molecule has 17 heavy (non-hydrogen) atoms. The van der Waals surface area contributed by atoms with Crippen molar-refractivity contribution in [3.8, 4) is 11.5 Å². The lowest BCUT2D eigenvalue weighted by atomic mass is 10.1. The van der Waals surface area contributed by atoms with Crippen LogP contribution in [0.2, 0.25) is 0 Å². The Labute approximate surface area is 100 Å². The molecule has 5 nitrogen and oxygen atoms in total. The molecule has 2 rings (SSSR count). The van der Waals surface area contributed by atoms with Gasteiger partial charge in [0.15, 0.2) is 0 Å². The second-order valence-corrected chi connectivity index (χ2v) is 4.15. The summed E-state index contributed by atoms with van der Waals surface area (Å²) in [6, 6.07) is 1.83. The maximum absolute atomic E-state index is 5.83. The molecule has 0 saturated carbocycles. The van der Waals surface area contributed by atoms with E-state index in [0.29, 0.717) is 11.7 Å². The summed E-state index contributed by atoms with van der Waals surface area (Å²) >= 11 is 0. The third-order valence-electron chi connectivity index (χ3n) is 2.63. The maximum atomic E-state index is 5.83. The van der Waals surface area contributed by atoms with Crippen molar-refractivity contribution in [3.63, 3.8) is 0 Å². The Morgan fingerprint density at radius 1 is 1.41 bits per heavy atom. The normalized spacial score (nSPS) is 12.7. The largest absolute Gasteiger partial charge is 0.337 e. The topological polar surface area (TPSA) is 77.8 Å². The van der Waals surface area contributed by atoms with E-state index in [9.17, 15) is 0 Å². The zero-order valence-corrected chi connectivity index (χ0v) is 10.3. The molecule has 0 spiro atoms. The molecule has 2 N–H and O–H groups in total. The van der Waals surface area contributed by atoms with Crippen molar-refractivity contribution < 1.29 is 4.52 Å². The van der Waals surface area contributed by atoms with Gasteiger partial charge in [0.05, 0.1) is 6.04 Å². The molecule has 5 heteroatoms. The van der Waals surface area contributed by atoms with E-state index in [1.165, 1.54) is 0 Å². The van der Waals surface area contributed by atoms with Crippen LogP contribution >= 0.6 is 0 Å². The van der Waals surface area contributed by atoms with Crippen LogP contribution in [0.15, 0.2) is 16.8 Å². The van der Waals surface area contributed by atoms with Crippen LogP contribution in [0, 0.1) is 13.8 Å². The molecular weight excluding hydrogens is 216 g/mol. The van der Waals surface area contributed by atoms with E-state index in [-0.39, 0.29) is 6.04 Å². The van der Waals surface area contributed by atoms with Crippen LogP contribution < -0.4 is 5.73 Å². The van der Waals surface area contributed by atoms with Crippen LogP contribution in [-0.4, -0.2) is 15.1 Å². The van der Waals surface area contributed by atoms with Crippen LogP contribution in [-0.2, 0) is 0 Å². The first-order chi connectivity index (χ1) is 8.11. The number of pyridine rings is 1. The third-order valence-corrected chi connectivity index (χ3v) is 2.63. The molecule has 1 atom stereocenters. The monoisotopic (exact) mass is 232 g/mol. The Morgan fingerprint density at radius 2 is 2.18 bits per heavy atom. The van der Waals surface area contributed by atoms with Gasteiger partial charge in [-0.1, -0.05) is 18.1 Å². The first-order valence-corrected chi connectivity index (χ1v) is 5.64. The van der Waals surface area contributed by atoms with Crippen LogP contribution in [0.3, 0.4) is 0 Å². The first kappa shape index (κ1) is 11.7. The molecule has 2 heterocycles. The van der Waals surface area contributed by atoms with Gasteiger partial charge < -0.3 is 10.3 Å². The molecule has 0 aromatic carbocycles. The summed E-state index contributed by atoms with van der Waals surface area (Å²) in [5, 5.41) is 3.92. The molecule has 0 fully saturated rings. The molecule has 90 valence electrons. The van der Waals surface area contributed by atoms with Gasteiger partial charge in [0, 0.05) is 6.20 Å².